The summed E-state index contributed by atoms with van der Waals surface area (Å²) in [4.78, 5) is 36.3. The molecule has 0 saturated carbocycles. The van der Waals surface area contributed by atoms with Crippen LogP contribution in [-0.2, 0) is 14.3 Å². The Morgan fingerprint density at radius 2 is 1.47 bits per heavy atom. The number of Topliss-reactive ketones (excluding diaryl/α,β-unsaturated/α-hetero) is 1. The number of aryl methyl sites for hydroxylation is 1. The number of carbonyl (C=O) groups is 3. The second kappa shape index (κ2) is 10.2. The van der Waals surface area contributed by atoms with E-state index in [0.717, 1.165) is 16.7 Å². The number of rotatable bonds is 8. The minimum atomic E-state index is -0.582. The zero-order valence-electron chi connectivity index (χ0n) is 16.8. The van der Waals surface area contributed by atoms with Crippen molar-refractivity contribution in [2.24, 2.45) is 0 Å². The van der Waals surface area contributed by atoms with Crippen LogP contribution in [0.4, 0.5) is 5.69 Å². The fourth-order valence-corrected chi connectivity index (χ4v) is 2.97. The van der Waals surface area contributed by atoms with Crippen molar-refractivity contribution >= 4 is 23.3 Å². The molecule has 0 aliphatic heterocycles. The van der Waals surface area contributed by atoms with Gasteiger partial charge in [0.2, 0.25) is 0 Å². The topological polar surface area (TPSA) is 72.5 Å². The number of nitrogens with one attached hydrogen (secondary N) is 1. The average Bonchev–Trinajstić information content (AvgIpc) is 2.77. The van der Waals surface area contributed by atoms with Crippen molar-refractivity contribution in [3.05, 3.63) is 90.0 Å². The van der Waals surface area contributed by atoms with Crippen molar-refractivity contribution in [1.82, 2.24) is 0 Å². The highest BCUT2D eigenvalue weighted by atomic mass is 16.5. The molecule has 3 aromatic rings. The number of ether oxygens (including phenoxy) is 1. The maximum Gasteiger partial charge on any atom is 0.306 e. The molecule has 5 heteroatoms. The highest BCUT2D eigenvalue weighted by Gasteiger charge is 2.13. The van der Waals surface area contributed by atoms with Crippen LogP contribution in [0.25, 0.3) is 11.1 Å². The lowest BCUT2D eigenvalue weighted by atomic mass is 10.0. The zero-order valence-corrected chi connectivity index (χ0v) is 16.8. The first-order valence-electron chi connectivity index (χ1n) is 9.73. The lowest BCUT2D eigenvalue weighted by molar-refractivity contribution is -0.147. The molecule has 0 aliphatic carbocycles. The van der Waals surface area contributed by atoms with Crippen LogP contribution in [0.3, 0.4) is 0 Å². The number of hydrogen-bond acceptors (Lipinski definition) is 4. The monoisotopic (exact) mass is 401 g/mol. The minimum Gasteiger partial charge on any atom is -0.456 e. The van der Waals surface area contributed by atoms with Gasteiger partial charge >= 0.3 is 5.97 Å². The molecular formula is C25H23NO4. The molecule has 0 heterocycles. The Balaban J connectivity index is 1.49. The van der Waals surface area contributed by atoms with Crippen molar-refractivity contribution in [1.29, 1.82) is 0 Å². The second-order valence-electron chi connectivity index (χ2n) is 6.91. The third-order valence-corrected chi connectivity index (χ3v) is 4.58. The Morgan fingerprint density at radius 1 is 0.800 bits per heavy atom. The summed E-state index contributed by atoms with van der Waals surface area (Å²) in [5.41, 5.74) is 4.11. The molecule has 5 nitrogen and oxygen atoms in total. The Bertz CT molecular complexity index is 1030. The third kappa shape index (κ3) is 5.88. The van der Waals surface area contributed by atoms with Crippen LogP contribution < -0.4 is 5.32 Å². The van der Waals surface area contributed by atoms with Gasteiger partial charge in [-0.3, -0.25) is 14.4 Å². The van der Waals surface area contributed by atoms with Gasteiger partial charge in [-0.15, -0.1) is 0 Å². The molecule has 0 fully saturated rings. The van der Waals surface area contributed by atoms with Gasteiger partial charge in [0.1, 0.15) is 0 Å². The molecule has 3 rings (SSSR count). The Morgan fingerprint density at radius 3 is 2.20 bits per heavy atom. The molecule has 0 aliphatic rings. The van der Waals surface area contributed by atoms with Crippen LogP contribution in [0.5, 0.6) is 0 Å². The van der Waals surface area contributed by atoms with E-state index in [2.05, 4.69) is 5.32 Å². The summed E-state index contributed by atoms with van der Waals surface area (Å²) >= 11 is 0. The lowest BCUT2D eigenvalue weighted by Crippen LogP contribution is -2.21. The first-order chi connectivity index (χ1) is 14.5. The van der Waals surface area contributed by atoms with E-state index in [1.54, 1.807) is 18.2 Å². The third-order valence-electron chi connectivity index (χ3n) is 4.58. The Kier molecular flexibility index (Phi) is 7.11. The van der Waals surface area contributed by atoms with E-state index in [4.69, 9.17) is 4.74 Å². The van der Waals surface area contributed by atoms with Crippen LogP contribution in [0.15, 0.2) is 78.9 Å². The van der Waals surface area contributed by atoms with Crippen molar-refractivity contribution in [3.63, 3.8) is 0 Å². The van der Waals surface area contributed by atoms with E-state index in [0.29, 0.717) is 11.3 Å². The van der Waals surface area contributed by atoms with Crippen molar-refractivity contribution in [3.8, 4) is 11.1 Å². The summed E-state index contributed by atoms with van der Waals surface area (Å²) < 4.78 is 5.02. The van der Waals surface area contributed by atoms with Crippen LogP contribution in [0.2, 0.25) is 0 Å². The molecule has 0 radical (unpaired) electrons. The number of anilines is 1. The molecule has 0 unspecified atom stereocenters. The molecule has 1 amide bonds. The maximum atomic E-state index is 12.2. The van der Waals surface area contributed by atoms with E-state index in [1.165, 1.54) is 0 Å². The number of carbonyl (C=O) groups excluding carboxylic acids is 3. The number of para-hydroxylation sites is 1. The Hall–Kier alpha value is -3.73. The predicted octanol–water partition coefficient (Wildman–Crippen LogP) is 4.81. The largest absolute Gasteiger partial charge is 0.456 e. The fraction of sp³-hybridized carbons (Fsp3) is 0.160. The minimum absolute atomic E-state index is 0.0420. The number of benzene rings is 3. The molecule has 0 aromatic heterocycles. The highest BCUT2D eigenvalue weighted by molar-refractivity contribution is 5.98. The van der Waals surface area contributed by atoms with Gasteiger partial charge in [-0.25, -0.2) is 0 Å². The van der Waals surface area contributed by atoms with Gasteiger partial charge in [-0.2, -0.15) is 0 Å². The van der Waals surface area contributed by atoms with Gasteiger partial charge in [0.05, 0.1) is 6.42 Å². The van der Waals surface area contributed by atoms with E-state index < -0.39 is 18.5 Å². The van der Waals surface area contributed by atoms with E-state index in [1.807, 2.05) is 67.6 Å². The van der Waals surface area contributed by atoms with Gasteiger partial charge in [-0.1, -0.05) is 78.4 Å². The fourth-order valence-electron chi connectivity index (χ4n) is 2.97. The van der Waals surface area contributed by atoms with E-state index >= 15 is 0 Å². The number of amides is 1. The summed E-state index contributed by atoms with van der Waals surface area (Å²) in [6.07, 6.45) is -0.0268. The van der Waals surface area contributed by atoms with Crippen LogP contribution in [0, 0.1) is 6.92 Å². The van der Waals surface area contributed by atoms with Gasteiger partial charge < -0.3 is 10.1 Å². The highest BCUT2D eigenvalue weighted by Crippen LogP contribution is 2.27. The lowest BCUT2D eigenvalue weighted by Gasteiger charge is -2.11. The van der Waals surface area contributed by atoms with Crippen LogP contribution in [0.1, 0.15) is 28.8 Å². The molecule has 0 spiro atoms. The summed E-state index contributed by atoms with van der Waals surface area (Å²) in [6.45, 7) is 1.54. The van der Waals surface area contributed by atoms with Crippen LogP contribution in [-0.4, -0.2) is 24.3 Å². The number of ketones is 1. The predicted molar refractivity (Wildman–Crippen MR) is 116 cm³/mol. The van der Waals surface area contributed by atoms with Gasteiger partial charge in [-0.05, 0) is 18.6 Å². The molecule has 1 N–H and O–H groups in total. The quantitative estimate of drug-likeness (QED) is 0.434. The number of hydrogen-bond donors (Lipinski definition) is 1. The van der Waals surface area contributed by atoms with Crippen LogP contribution >= 0.6 is 0 Å². The van der Waals surface area contributed by atoms with Gasteiger partial charge in [0.25, 0.3) is 5.91 Å². The summed E-state index contributed by atoms with van der Waals surface area (Å²) in [7, 11) is 0. The zero-order chi connectivity index (χ0) is 21.3. The van der Waals surface area contributed by atoms with Gasteiger partial charge in [0, 0.05) is 23.2 Å². The van der Waals surface area contributed by atoms with E-state index in [-0.39, 0.29) is 18.6 Å². The smallest absolute Gasteiger partial charge is 0.306 e. The molecule has 152 valence electrons. The summed E-state index contributed by atoms with van der Waals surface area (Å²) in [6, 6.07) is 24.3. The summed E-state index contributed by atoms with van der Waals surface area (Å²) in [5.74, 6) is -1.15. The molecular weight excluding hydrogens is 378 g/mol. The average molecular weight is 401 g/mol. The Labute approximate surface area is 175 Å². The van der Waals surface area contributed by atoms with E-state index in [9.17, 15) is 14.4 Å². The molecule has 30 heavy (non-hydrogen) atoms. The normalized spacial score (nSPS) is 10.3. The standard InChI is InChI=1S/C25H23NO4/c1-18-11-13-20(14-12-18)23(27)15-16-25(29)30-17-24(28)26-22-10-6-5-9-21(22)19-7-3-2-4-8-19/h2-14H,15-17H2,1H3,(H,26,28). The first-order valence-corrected chi connectivity index (χ1v) is 9.73. The number of esters is 1. The molecule has 0 bridgehead atoms. The molecule has 0 atom stereocenters. The summed E-state index contributed by atoms with van der Waals surface area (Å²) in [5, 5.41) is 2.78. The van der Waals surface area contributed by atoms with Crippen molar-refractivity contribution < 1.29 is 19.1 Å². The molecule has 3 aromatic carbocycles. The SMILES string of the molecule is Cc1ccc(C(=O)CCC(=O)OCC(=O)Nc2ccccc2-c2ccccc2)cc1. The second-order valence-corrected chi connectivity index (χ2v) is 6.91. The van der Waals surface area contributed by atoms with Crippen molar-refractivity contribution in [2.75, 3.05) is 11.9 Å². The molecule has 0 saturated heterocycles. The first kappa shape index (κ1) is 21.0. The van der Waals surface area contributed by atoms with Gasteiger partial charge in [0.15, 0.2) is 12.4 Å². The van der Waals surface area contributed by atoms with Crippen molar-refractivity contribution in [2.45, 2.75) is 19.8 Å². The maximum absolute atomic E-state index is 12.2.